The van der Waals surface area contributed by atoms with E-state index >= 15 is 0 Å². The van der Waals surface area contributed by atoms with E-state index in [0.29, 0.717) is 5.92 Å². The molecule has 34 valence electrons. The third-order valence-corrected chi connectivity index (χ3v) is 1.63. The summed E-state index contributed by atoms with van der Waals surface area (Å²) in [7, 11) is 0. The Hall–Kier alpha value is -0.700. The minimum absolute atomic E-state index is 0.653. The van der Waals surface area contributed by atoms with E-state index in [4.69, 9.17) is 0 Å². The van der Waals surface area contributed by atoms with Gasteiger partial charge in [-0.1, -0.05) is 18.1 Å². The number of allylic oxidation sites excluding steroid dienone is 2. The monoisotopic (exact) mass is 90.0 g/mol. The summed E-state index contributed by atoms with van der Waals surface area (Å²) in [6, 6.07) is 0. The summed E-state index contributed by atoms with van der Waals surface area (Å²) in [6.07, 6.45) is 5.53. The molecule has 0 aromatic carbocycles. The molecule has 0 aromatic rings. The maximum atomic E-state index is 3.12. The molecule has 7 heavy (non-hydrogen) atoms. The molecule has 0 amide bonds. The Balaban J connectivity index is 2.34. The fraction of sp³-hybridized carbons (Fsp3) is 0.429. The molecule has 2 atom stereocenters. The van der Waals surface area contributed by atoms with Gasteiger partial charge in [-0.2, -0.15) is 0 Å². The quantitative estimate of drug-likeness (QED) is 0.309. The van der Waals surface area contributed by atoms with E-state index in [2.05, 4.69) is 24.0 Å². The van der Waals surface area contributed by atoms with Crippen LogP contribution in [0, 0.1) is 23.7 Å². The van der Waals surface area contributed by atoms with Crippen molar-refractivity contribution in [3.05, 3.63) is 12.2 Å². The van der Waals surface area contributed by atoms with Crippen molar-refractivity contribution in [1.82, 2.24) is 0 Å². The van der Waals surface area contributed by atoms with Crippen molar-refractivity contribution in [3.8, 4) is 11.8 Å². The Labute approximate surface area is 43.2 Å². The van der Waals surface area contributed by atoms with Crippen LogP contribution in [0.15, 0.2) is 12.2 Å². The van der Waals surface area contributed by atoms with Gasteiger partial charge in [-0.05, 0) is 0 Å². The van der Waals surface area contributed by atoms with Gasteiger partial charge in [0.1, 0.15) is 0 Å². The van der Waals surface area contributed by atoms with Gasteiger partial charge < -0.3 is 0 Å². The van der Waals surface area contributed by atoms with Gasteiger partial charge in [0.2, 0.25) is 0 Å². The summed E-state index contributed by atoms with van der Waals surface area (Å²) in [4.78, 5) is 0. The van der Waals surface area contributed by atoms with Gasteiger partial charge in [-0.25, -0.2) is 0 Å². The van der Waals surface area contributed by atoms with Gasteiger partial charge in [-0.3, -0.25) is 0 Å². The number of hydrogen-bond acceptors (Lipinski definition) is 0. The largest absolute Gasteiger partial charge is 0.102 e. The highest BCUT2D eigenvalue weighted by Crippen LogP contribution is 2.30. The summed E-state index contributed by atoms with van der Waals surface area (Å²) in [5, 5.41) is 0. The Kier molecular flexibility index (Phi) is 0.438. The first kappa shape index (κ1) is 3.32. The molecule has 0 saturated carbocycles. The van der Waals surface area contributed by atoms with Crippen molar-refractivity contribution in [2.45, 2.75) is 6.42 Å². The average Bonchev–Trinajstić information content (AvgIpc) is 1.85. The van der Waals surface area contributed by atoms with Crippen LogP contribution in [0.1, 0.15) is 6.42 Å². The maximum absolute atomic E-state index is 3.12. The molecular weight excluding hydrogens is 84.1 g/mol. The zero-order chi connectivity index (χ0) is 4.69. The van der Waals surface area contributed by atoms with Gasteiger partial charge in [0.15, 0.2) is 0 Å². The normalized spacial score (nSPS) is 41.1. The second-order valence-electron chi connectivity index (χ2n) is 2.10. The summed E-state index contributed by atoms with van der Waals surface area (Å²) in [5.41, 5.74) is 0. The topological polar surface area (TPSA) is 0 Å². The molecule has 0 saturated heterocycles. The molecule has 0 bridgehead atoms. The van der Waals surface area contributed by atoms with Crippen LogP contribution in [0.2, 0.25) is 0 Å². The highest BCUT2D eigenvalue weighted by atomic mass is 14.3. The van der Waals surface area contributed by atoms with E-state index < -0.39 is 0 Å². The van der Waals surface area contributed by atoms with Gasteiger partial charge in [0.25, 0.3) is 0 Å². The minimum Gasteiger partial charge on any atom is -0.102 e. The van der Waals surface area contributed by atoms with E-state index in [1.807, 2.05) is 0 Å². The molecule has 2 aliphatic carbocycles. The number of rotatable bonds is 0. The predicted octanol–water partition coefficient (Wildman–Crippen LogP) is 1.20. The van der Waals surface area contributed by atoms with Gasteiger partial charge in [-0.15, -0.1) is 5.92 Å². The molecule has 0 N–H and O–H groups in total. The van der Waals surface area contributed by atoms with Crippen LogP contribution in [0.5, 0.6) is 0 Å². The average molecular weight is 90.1 g/mol. The standard InChI is InChI=1S/C7H6/c1-2-6-4-5-7(6)3-1/h4-7H,2H2. The molecule has 0 fully saturated rings. The van der Waals surface area contributed by atoms with Crippen molar-refractivity contribution in [3.63, 3.8) is 0 Å². The molecule has 0 radical (unpaired) electrons. The molecule has 0 spiro atoms. The van der Waals surface area contributed by atoms with E-state index in [9.17, 15) is 0 Å². The predicted molar refractivity (Wildman–Crippen MR) is 28.5 cm³/mol. The fourth-order valence-electron chi connectivity index (χ4n) is 1.02. The lowest BCUT2D eigenvalue weighted by molar-refractivity contribution is 0.553. The van der Waals surface area contributed by atoms with Crippen molar-refractivity contribution >= 4 is 0 Å². The third-order valence-electron chi connectivity index (χ3n) is 1.63. The first-order valence-corrected chi connectivity index (χ1v) is 2.63. The second-order valence-corrected chi connectivity index (χ2v) is 2.10. The first-order valence-electron chi connectivity index (χ1n) is 2.63. The second kappa shape index (κ2) is 0.924. The molecule has 2 aliphatic rings. The van der Waals surface area contributed by atoms with Crippen molar-refractivity contribution in [2.75, 3.05) is 0 Å². The van der Waals surface area contributed by atoms with Crippen molar-refractivity contribution in [2.24, 2.45) is 11.8 Å². The van der Waals surface area contributed by atoms with Crippen LogP contribution >= 0.6 is 0 Å². The van der Waals surface area contributed by atoms with E-state index in [-0.39, 0.29) is 0 Å². The lowest BCUT2D eigenvalue weighted by Gasteiger charge is -2.17. The van der Waals surface area contributed by atoms with Gasteiger partial charge >= 0.3 is 0 Å². The van der Waals surface area contributed by atoms with Crippen LogP contribution < -0.4 is 0 Å². The van der Waals surface area contributed by atoms with Crippen LogP contribution in [0.3, 0.4) is 0 Å². The summed E-state index contributed by atoms with van der Waals surface area (Å²) < 4.78 is 0. The molecule has 2 rings (SSSR count). The molecule has 0 heterocycles. The van der Waals surface area contributed by atoms with E-state index in [1.165, 1.54) is 0 Å². The maximum Gasteiger partial charge on any atom is 0.0454 e. The molecule has 2 unspecified atom stereocenters. The summed E-state index contributed by atoms with van der Waals surface area (Å²) in [6.45, 7) is 0. The van der Waals surface area contributed by atoms with Crippen LogP contribution in [-0.4, -0.2) is 0 Å². The fourth-order valence-corrected chi connectivity index (χ4v) is 1.02. The summed E-state index contributed by atoms with van der Waals surface area (Å²) >= 11 is 0. The molecule has 0 aromatic heterocycles. The smallest absolute Gasteiger partial charge is 0.0454 e. The lowest BCUT2D eigenvalue weighted by Crippen LogP contribution is -2.11. The Bertz CT molecular complexity index is 166. The Morgan fingerprint density at radius 2 is 2.43 bits per heavy atom. The Morgan fingerprint density at radius 1 is 1.43 bits per heavy atom. The highest BCUT2D eigenvalue weighted by molar-refractivity contribution is 5.29. The molecule has 0 nitrogen and oxygen atoms in total. The number of hydrogen-bond donors (Lipinski definition) is 0. The van der Waals surface area contributed by atoms with Gasteiger partial charge in [0, 0.05) is 18.3 Å². The minimum atomic E-state index is 0.653. The van der Waals surface area contributed by atoms with Gasteiger partial charge in [0.05, 0.1) is 0 Å². The SMILES string of the molecule is C1#CC2C=CC2C1. The first-order chi connectivity index (χ1) is 3.47. The third kappa shape index (κ3) is 0.282. The zero-order valence-corrected chi connectivity index (χ0v) is 4.02. The van der Waals surface area contributed by atoms with E-state index in [0.717, 1.165) is 12.3 Å². The lowest BCUT2D eigenvalue weighted by atomic mass is 9.85. The molecule has 0 aliphatic heterocycles. The van der Waals surface area contributed by atoms with Crippen molar-refractivity contribution in [1.29, 1.82) is 0 Å². The van der Waals surface area contributed by atoms with Crippen LogP contribution in [-0.2, 0) is 0 Å². The molecular formula is C7H6. The number of fused-ring (bicyclic) bond motifs is 1. The van der Waals surface area contributed by atoms with Crippen LogP contribution in [0.4, 0.5) is 0 Å². The zero-order valence-electron chi connectivity index (χ0n) is 4.02. The highest BCUT2D eigenvalue weighted by Gasteiger charge is 2.23. The van der Waals surface area contributed by atoms with Crippen molar-refractivity contribution < 1.29 is 0 Å². The van der Waals surface area contributed by atoms with Crippen LogP contribution in [0.25, 0.3) is 0 Å². The Morgan fingerprint density at radius 3 is 2.71 bits per heavy atom. The van der Waals surface area contributed by atoms with E-state index in [1.54, 1.807) is 0 Å². The molecule has 0 heteroatoms. The summed E-state index contributed by atoms with van der Waals surface area (Å²) in [5.74, 6) is 7.64.